The van der Waals surface area contributed by atoms with Crippen LogP contribution in [-0.2, 0) is 4.74 Å². The third-order valence-corrected chi connectivity index (χ3v) is 3.35. The van der Waals surface area contributed by atoms with Crippen molar-refractivity contribution in [1.29, 1.82) is 0 Å². The SMILES string of the molecule is CCC1CCC(O)C(OC(C(F)(F)F)C(F)(F)F)C1. The number of hydrogen-bond donors (Lipinski definition) is 1. The van der Waals surface area contributed by atoms with Crippen molar-refractivity contribution < 1.29 is 36.2 Å². The highest BCUT2D eigenvalue weighted by molar-refractivity contribution is 4.84. The lowest BCUT2D eigenvalue weighted by Crippen LogP contribution is -2.49. The number of alkyl halides is 6. The van der Waals surface area contributed by atoms with Crippen molar-refractivity contribution in [2.45, 2.75) is 63.3 Å². The molecule has 0 radical (unpaired) electrons. The van der Waals surface area contributed by atoms with Crippen LogP contribution in [0.2, 0.25) is 0 Å². The second-order valence-electron chi connectivity index (χ2n) is 4.79. The number of rotatable bonds is 3. The van der Waals surface area contributed by atoms with Gasteiger partial charge in [0, 0.05) is 0 Å². The van der Waals surface area contributed by atoms with Gasteiger partial charge in [-0.25, -0.2) is 0 Å². The van der Waals surface area contributed by atoms with E-state index in [0.29, 0.717) is 12.8 Å². The van der Waals surface area contributed by atoms with Crippen LogP contribution in [0.25, 0.3) is 0 Å². The van der Waals surface area contributed by atoms with Crippen molar-refractivity contribution >= 4 is 0 Å². The molecule has 0 aromatic carbocycles. The van der Waals surface area contributed by atoms with Crippen LogP contribution >= 0.6 is 0 Å². The predicted molar refractivity (Wildman–Crippen MR) is 54.4 cm³/mol. The second-order valence-corrected chi connectivity index (χ2v) is 4.79. The van der Waals surface area contributed by atoms with Crippen molar-refractivity contribution in [2.24, 2.45) is 5.92 Å². The van der Waals surface area contributed by atoms with Gasteiger partial charge in [-0.05, 0) is 25.2 Å². The molecule has 8 heteroatoms. The molecular weight excluding hydrogens is 278 g/mol. The molecule has 0 heterocycles. The average molecular weight is 294 g/mol. The number of ether oxygens (including phenoxy) is 1. The van der Waals surface area contributed by atoms with Gasteiger partial charge in [-0.15, -0.1) is 0 Å². The zero-order valence-corrected chi connectivity index (χ0v) is 10.3. The summed E-state index contributed by atoms with van der Waals surface area (Å²) in [5, 5.41) is 9.50. The molecule has 3 atom stereocenters. The van der Waals surface area contributed by atoms with Gasteiger partial charge in [0.15, 0.2) is 0 Å². The van der Waals surface area contributed by atoms with Crippen LogP contribution in [0.5, 0.6) is 0 Å². The Bertz CT molecular complexity index is 274. The maximum Gasteiger partial charge on any atom is 0.423 e. The van der Waals surface area contributed by atoms with E-state index >= 15 is 0 Å². The van der Waals surface area contributed by atoms with Crippen LogP contribution in [0.3, 0.4) is 0 Å². The molecule has 0 bridgehead atoms. The van der Waals surface area contributed by atoms with Gasteiger partial charge in [-0.3, -0.25) is 0 Å². The summed E-state index contributed by atoms with van der Waals surface area (Å²) in [4.78, 5) is 0. The van der Waals surface area contributed by atoms with Crippen LogP contribution in [0.4, 0.5) is 26.3 Å². The molecule has 0 saturated heterocycles. The summed E-state index contributed by atoms with van der Waals surface area (Å²) < 4.78 is 78.3. The van der Waals surface area contributed by atoms with E-state index in [1.807, 2.05) is 0 Å². The van der Waals surface area contributed by atoms with Gasteiger partial charge in [0.25, 0.3) is 0 Å². The summed E-state index contributed by atoms with van der Waals surface area (Å²) in [6, 6.07) is 0. The largest absolute Gasteiger partial charge is 0.423 e. The van der Waals surface area contributed by atoms with E-state index in [0.717, 1.165) is 0 Å². The second kappa shape index (κ2) is 5.87. The Balaban J connectivity index is 2.78. The Morgan fingerprint density at radius 1 is 1.11 bits per heavy atom. The van der Waals surface area contributed by atoms with E-state index in [-0.39, 0.29) is 18.8 Å². The Hall–Kier alpha value is -0.500. The van der Waals surface area contributed by atoms with Crippen LogP contribution in [0.15, 0.2) is 0 Å². The molecule has 0 amide bonds. The van der Waals surface area contributed by atoms with Crippen LogP contribution < -0.4 is 0 Å². The van der Waals surface area contributed by atoms with Crippen LogP contribution in [-0.4, -0.2) is 35.8 Å². The Morgan fingerprint density at radius 3 is 2.05 bits per heavy atom. The highest BCUT2D eigenvalue weighted by Crippen LogP contribution is 2.39. The first-order valence-corrected chi connectivity index (χ1v) is 6.02. The number of aliphatic hydroxyl groups excluding tert-OH is 1. The van der Waals surface area contributed by atoms with E-state index in [1.165, 1.54) is 0 Å². The van der Waals surface area contributed by atoms with Crippen molar-refractivity contribution in [3.8, 4) is 0 Å². The lowest BCUT2D eigenvalue weighted by molar-refractivity contribution is -0.338. The van der Waals surface area contributed by atoms with Crippen molar-refractivity contribution in [3.63, 3.8) is 0 Å². The van der Waals surface area contributed by atoms with E-state index < -0.39 is 30.7 Å². The normalized spacial score (nSPS) is 29.8. The van der Waals surface area contributed by atoms with E-state index in [4.69, 9.17) is 0 Å². The van der Waals surface area contributed by atoms with E-state index in [9.17, 15) is 31.4 Å². The van der Waals surface area contributed by atoms with Crippen LogP contribution in [0, 0.1) is 5.92 Å². The monoisotopic (exact) mass is 294 g/mol. The van der Waals surface area contributed by atoms with Crippen molar-refractivity contribution in [3.05, 3.63) is 0 Å². The highest BCUT2D eigenvalue weighted by Gasteiger charge is 2.59. The third kappa shape index (κ3) is 4.52. The molecule has 2 nitrogen and oxygen atoms in total. The first-order chi connectivity index (χ1) is 8.55. The standard InChI is InChI=1S/C11H16F6O2/c1-2-6-3-4-7(18)8(5-6)19-9(10(12,13)14)11(15,16)17/h6-9,18H,2-5H2,1H3. The van der Waals surface area contributed by atoms with Crippen molar-refractivity contribution in [2.75, 3.05) is 0 Å². The molecule has 1 saturated carbocycles. The summed E-state index contributed by atoms with van der Waals surface area (Å²) in [6.07, 6.45) is -16.2. The van der Waals surface area contributed by atoms with Gasteiger partial charge in [-0.1, -0.05) is 13.3 Å². The van der Waals surface area contributed by atoms with Gasteiger partial charge < -0.3 is 9.84 Å². The summed E-state index contributed by atoms with van der Waals surface area (Å²) in [5.41, 5.74) is 0. The molecule has 114 valence electrons. The van der Waals surface area contributed by atoms with Gasteiger partial charge in [-0.2, -0.15) is 26.3 Å². The molecule has 0 aliphatic heterocycles. The lowest BCUT2D eigenvalue weighted by Gasteiger charge is -2.36. The fourth-order valence-corrected chi connectivity index (χ4v) is 2.23. The zero-order valence-electron chi connectivity index (χ0n) is 10.3. The Labute approximate surface area is 106 Å². The third-order valence-electron chi connectivity index (χ3n) is 3.35. The van der Waals surface area contributed by atoms with Gasteiger partial charge >= 0.3 is 12.4 Å². The van der Waals surface area contributed by atoms with Gasteiger partial charge in [0.05, 0.1) is 12.2 Å². The maximum atomic E-state index is 12.4. The van der Waals surface area contributed by atoms with Crippen molar-refractivity contribution in [1.82, 2.24) is 0 Å². The lowest BCUT2D eigenvalue weighted by atomic mass is 9.84. The number of aliphatic hydroxyl groups is 1. The Kier molecular flexibility index (Phi) is 5.11. The van der Waals surface area contributed by atoms with Gasteiger partial charge in [0.1, 0.15) is 0 Å². The molecule has 0 aromatic rings. The molecule has 0 spiro atoms. The number of halogens is 6. The Morgan fingerprint density at radius 2 is 1.63 bits per heavy atom. The molecular formula is C11H16F6O2. The fraction of sp³-hybridized carbons (Fsp3) is 1.00. The summed E-state index contributed by atoms with van der Waals surface area (Å²) in [7, 11) is 0. The predicted octanol–water partition coefficient (Wildman–Crippen LogP) is 3.44. The van der Waals surface area contributed by atoms with Gasteiger partial charge in [0.2, 0.25) is 6.10 Å². The first kappa shape index (κ1) is 16.6. The minimum absolute atomic E-state index is 0.0142. The minimum Gasteiger partial charge on any atom is -0.390 e. The fourth-order valence-electron chi connectivity index (χ4n) is 2.23. The summed E-state index contributed by atoms with van der Waals surface area (Å²) in [5.74, 6) is -0.0180. The zero-order chi connectivity index (χ0) is 14.8. The highest BCUT2D eigenvalue weighted by atomic mass is 19.4. The smallest absolute Gasteiger partial charge is 0.390 e. The molecule has 0 aromatic heterocycles. The van der Waals surface area contributed by atoms with Crippen LogP contribution in [0.1, 0.15) is 32.6 Å². The summed E-state index contributed by atoms with van der Waals surface area (Å²) >= 11 is 0. The molecule has 1 aliphatic carbocycles. The number of hydrogen-bond acceptors (Lipinski definition) is 2. The van der Waals surface area contributed by atoms with E-state index in [1.54, 1.807) is 6.92 Å². The molecule has 1 aliphatic rings. The maximum absolute atomic E-state index is 12.4. The molecule has 1 N–H and O–H groups in total. The van der Waals surface area contributed by atoms with E-state index in [2.05, 4.69) is 4.74 Å². The summed E-state index contributed by atoms with van der Waals surface area (Å²) in [6.45, 7) is 1.80. The molecule has 19 heavy (non-hydrogen) atoms. The average Bonchev–Trinajstić information content (AvgIpc) is 2.24. The molecule has 1 rings (SSSR count). The first-order valence-electron chi connectivity index (χ1n) is 6.02. The molecule has 3 unspecified atom stereocenters. The topological polar surface area (TPSA) is 29.5 Å². The quantitative estimate of drug-likeness (QED) is 0.808. The molecule has 1 fully saturated rings. The minimum atomic E-state index is -5.53.